The second-order valence-electron chi connectivity index (χ2n) is 4.42. The Balaban J connectivity index is 2.40. The molecule has 2 nitrogen and oxygen atoms in total. The van der Waals surface area contributed by atoms with Crippen LogP contribution >= 0.6 is 11.6 Å². The van der Waals surface area contributed by atoms with Gasteiger partial charge in [0.05, 0.1) is 6.61 Å². The van der Waals surface area contributed by atoms with Gasteiger partial charge in [-0.1, -0.05) is 42.8 Å². The van der Waals surface area contributed by atoms with Gasteiger partial charge in [0.25, 0.3) is 0 Å². The van der Waals surface area contributed by atoms with Crippen molar-refractivity contribution in [1.29, 1.82) is 0 Å². The van der Waals surface area contributed by atoms with E-state index in [0.717, 1.165) is 6.42 Å². The number of aliphatic hydroxyl groups is 1. The van der Waals surface area contributed by atoms with Crippen LogP contribution in [0.4, 0.5) is 4.39 Å². The minimum absolute atomic E-state index is 0.0710. The highest BCUT2D eigenvalue weighted by Crippen LogP contribution is 2.34. The van der Waals surface area contributed by atoms with Crippen LogP contribution in [-0.2, 0) is 0 Å². The van der Waals surface area contributed by atoms with Gasteiger partial charge in [0.15, 0.2) is 0 Å². The molecular weight excluding hydrogens is 279 g/mol. The lowest BCUT2D eigenvalue weighted by Crippen LogP contribution is -2.07. The molecule has 0 bridgehead atoms. The third kappa shape index (κ3) is 3.11. The second-order valence-corrected chi connectivity index (χ2v) is 4.83. The molecule has 2 aromatic carbocycles. The topological polar surface area (TPSA) is 29.5 Å². The van der Waals surface area contributed by atoms with Crippen molar-refractivity contribution >= 4 is 11.6 Å². The van der Waals surface area contributed by atoms with Crippen molar-refractivity contribution in [3.8, 4) is 5.75 Å². The first-order chi connectivity index (χ1) is 9.65. The van der Waals surface area contributed by atoms with Gasteiger partial charge in [-0.2, -0.15) is 0 Å². The lowest BCUT2D eigenvalue weighted by Gasteiger charge is -2.17. The maximum atomic E-state index is 13.9. The van der Waals surface area contributed by atoms with Crippen LogP contribution in [0.5, 0.6) is 5.75 Å². The molecule has 0 saturated carbocycles. The van der Waals surface area contributed by atoms with Crippen LogP contribution in [-0.4, -0.2) is 11.7 Å². The molecule has 0 saturated heterocycles. The molecule has 0 fully saturated rings. The Morgan fingerprint density at radius 1 is 1.20 bits per heavy atom. The molecular formula is C16H16ClFO2. The Bertz CT molecular complexity index is 566. The summed E-state index contributed by atoms with van der Waals surface area (Å²) in [5.41, 5.74) is 0.578. The Morgan fingerprint density at radius 3 is 2.65 bits per heavy atom. The number of aliphatic hydroxyl groups excluding tert-OH is 1. The number of ether oxygens (including phenoxy) is 1. The summed E-state index contributed by atoms with van der Waals surface area (Å²) in [6.45, 7) is 2.53. The van der Waals surface area contributed by atoms with E-state index in [1.807, 2.05) is 13.0 Å². The first kappa shape index (κ1) is 14.8. The van der Waals surface area contributed by atoms with Crippen molar-refractivity contribution in [1.82, 2.24) is 0 Å². The Hall–Kier alpha value is -1.58. The number of hydrogen-bond donors (Lipinski definition) is 1. The van der Waals surface area contributed by atoms with Crippen LogP contribution in [0.15, 0.2) is 42.5 Å². The van der Waals surface area contributed by atoms with E-state index in [0.29, 0.717) is 17.9 Å². The zero-order valence-corrected chi connectivity index (χ0v) is 11.9. The number of hydrogen-bond acceptors (Lipinski definition) is 2. The highest BCUT2D eigenvalue weighted by Gasteiger charge is 2.21. The van der Waals surface area contributed by atoms with E-state index in [-0.39, 0.29) is 10.6 Å². The van der Waals surface area contributed by atoms with Crippen LogP contribution in [0.25, 0.3) is 0 Å². The van der Waals surface area contributed by atoms with Crippen LogP contribution < -0.4 is 4.74 Å². The number of halogens is 2. The first-order valence-electron chi connectivity index (χ1n) is 6.48. The molecule has 0 aliphatic rings. The van der Waals surface area contributed by atoms with Crippen molar-refractivity contribution in [2.75, 3.05) is 6.61 Å². The van der Waals surface area contributed by atoms with E-state index in [1.165, 1.54) is 12.1 Å². The predicted octanol–water partition coefficient (Wildman–Crippen LogP) is 4.35. The van der Waals surface area contributed by atoms with Crippen molar-refractivity contribution < 1.29 is 14.2 Å². The SMILES string of the molecule is CCCOc1ccccc1C(O)c1c(F)cccc1Cl. The average molecular weight is 295 g/mol. The first-order valence-corrected chi connectivity index (χ1v) is 6.86. The largest absolute Gasteiger partial charge is 0.493 e. The van der Waals surface area contributed by atoms with E-state index in [2.05, 4.69) is 0 Å². The molecule has 4 heteroatoms. The predicted molar refractivity (Wildman–Crippen MR) is 77.7 cm³/mol. The summed E-state index contributed by atoms with van der Waals surface area (Å²) in [6.07, 6.45) is -0.304. The van der Waals surface area contributed by atoms with Gasteiger partial charge in [0.2, 0.25) is 0 Å². The van der Waals surface area contributed by atoms with Gasteiger partial charge < -0.3 is 9.84 Å². The molecule has 0 aliphatic heterocycles. The van der Waals surface area contributed by atoms with Gasteiger partial charge in [-0.15, -0.1) is 0 Å². The maximum Gasteiger partial charge on any atom is 0.130 e. The third-order valence-electron chi connectivity index (χ3n) is 2.95. The molecule has 1 N–H and O–H groups in total. The smallest absolute Gasteiger partial charge is 0.130 e. The normalized spacial score (nSPS) is 12.2. The van der Waals surface area contributed by atoms with Gasteiger partial charge in [0, 0.05) is 16.1 Å². The fourth-order valence-electron chi connectivity index (χ4n) is 1.98. The Morgan fingerprint density at radius 2 is 1.95 bits per heavy atom. The number of benzene rings is 2. The molecule has 0 aromatic heterocycles. The van der Waals surface area contributed by atoms with Crippen molar-refractivity contribution in [2.45, 2.75) is 19.4 Å². The van der Waals surface area contributed by atoms with Crippen LogP contribution in [0.1, 0.15) is 30.6 Å². The van der Waals surface area contributed by atoms with E-state index in [1.54, 1.807) is 24.3 Å². The van der Waals surface area contributed by atoms with Crippen molar-refractivity contribution in [3.05, 3.63) is 64.4 Å². The molecule has 1 unspecified atom stereocenters. The zero-order chi connectivity index (χ0) is 14.5. The summed E-state index contributed by atoms with van der Waals surface area (Å²) in [5, 5.41) is 10.6. The zero-order valence-electron chi connectivity index (χ0n) is 11.1. The van der Waals surface area contributed by atoms with E-state index >= 15 is 0 Å². The summed E-state index contributed by atoms with van der Waals surface area (Å²) in [5.74, 6) is 0.0106. The molecule has 0 amide bonds. The molecule has 106 valence electrons. The monoisotopic (exact) mass is 294 g/mol. The van der Waals surface area contributed by atoms with Gasteiger partial charge in [-0.25, -0.2) is 4.39 Å². The summed E-state index contributed by atoms with van der Waals surface area (Å²) < 4.78 is 19.5. The standard InChI is InChI=1S/C16H16ClFO2/c1-2-10-20-14-9-4-3-6-11(14)16(19)15-12(17)7-5-8-13(15)18/h3-9,16,19H,2,10H2,1H3. The van der Waals surface area contributed by atoms with Gasteiger partial charge >= 0.3 is 0 Å². The lowest BCUT2D eigenvalue weighted by atomic mass is 10.00. The van der Waals surface area contributed by atoms with E-state index < -0.39 is 11.9 Å². The fraction of sp³-hybridized carbons (Fsp3) is 0.250. The van der Waals surface area contributed by atoms with Crippen LogP contribution in [0.3, 0.4) is 0 Å². The van der Waals surface area contributed by atoms with E-state index in [9.17, 15) is 9.50 Å². The number of rotatable bonds is 5. The summed E-state index contributed by atoms with van der Waals surface area (Å²) in [6, 6.07) is 11.4. The summed E-state index contributed by atoms with van der Waals surface area (Å²) in [4.78, 5) is 0. The Kier molecular flexibility index (Phi) is 4.99. The minimum atomic E-state index is -1.16. The molecule has 0 radical (unpaired) electrons. The van der Waals surface area contributed by atoms with Crippen LogP contribution in [0, 0.1) is 5.82 Å². The van der Waals surface area contributed by atoms with Gasteiger partial charge in [0.1, 0.15) is 17.7 Å². The summed E-state index contributed by atoms with van der Waals surface area (Å²) in [7, 11) is 0. The molecule has 0 heterocycles. The molecule has 2 aromatic rings. The quantitative estimate of drug-likeness (QED) is 0.888. The molecule has 2 rings (SSSR count). The average Bonchev–Trinajstić information content (AvgIpc) is 2.45. The molecule has 0 aliphatic carbocycles. The maximum absolute atomic E-state index is 13.9. The van der Waals surface area contributed by atoms with Crippen molar-refractivity contribution in [3.63, 3.8) is 0 Å². The van der Waals surface area contributed by atoms with Gasteiger partial charge in [-0.3, -0.25) is 0 Å². The van der Waals surface area contributed by atoms with Crippen molar-refractivity contribution in [2.24, 2.45) is 0 Å². The second kappa shape index (κ2) is 6.73. The fourth-order valence-corrected chi connectivity index (χ4v) is 2.24. The number of para-hydroxylation sites is 1. The highest BCUT2D eigenvalue weighted by molar-refractivity contribution is 6.31. The molecule has 0 spiro atoms. The van der Waals surface area contributed by atoms with E-state index in [4.69, 9.17) is 16.3 Å². The lowest BCUT2D eigenvalue weighted by molar-refractivity contribution is 0.206. The Labute approximate surface area is 122 Å². The molecule has 1 atom stereocenters. The third-order valence-corrected chi connectivity index (χ3v) is 3.28. The van der Waals surface area contributed by atoms with Crippen LogP contribution in [0.2, 0.25) is 5.02 Å². The van der Waals surface area contributed by atoms with Gasteiger partial charge in [-0.05, 0) is 24.6 Å². The molecule has 20 heavy (non-hydrogen) atoms. The summed E-state index contributed by atoms with van der Waals surface area (Å²) >= 11 is 5.99. The highest BCUT2D eigenvalue weighted by atomic mass is 35.5. The minimum Gasteiger partial charge on any atom is -0.493 e.